The van der Waals surface area contributed by atoms with E-state index in [0.29, 0.717) is 18.1 Å². The van der Waals surface area contributed by atoms with E-state index in [-0.39, 0.29) is 29.4 Å². The zero-order valence-electron chi connectivity index (χ0n) is 16.5. The Morgan fingerprint density at radius 3 is 2.59 bits per heavy atom. The molecule has 1 aromatic carbocycles. The second-order valence-electron chi connectivity index (χ2n) is 7.65. The van der Waals surface area contributed by atoms with E-state index in [1.54, 1.807) is 6.07 Å². The van der Waals surface area contributed by atoms with Gasteiger partial charge >= 0.3 is 6.18 Å². The molecule has 1 heterocycles. The number of morpholine rings is 1. The van der Waals surface area contributed by atoms with E-state index in [1.165, 1.54) is 12.1 Å². The second kappa shape index (κ2) is 10.8. The summed E-state index contributed by atoms with van der Waals surface area (Å²) >= 11 is 0. The molecule has 2 fully saturated rings. The molecule has 0 amide bonds. The molecule has 29 heavy (non-hydrogen) atoms. The summed E-state index contributed by atoms with van der Waals surface area (Å²) in [6, 6.07) is 5.63. The predicted molar refractivity (Wildman–Crippen MR) is 119 cm³/mol. The molecule has 0 unspecified atom stereocenters. The van der Waals surface area contributed by atoms with Crippen LogP contribution in [0.4, 0.5) is 13.2 Å². The van der Waals surface area contributed by atoms with Crippen LogP contribution in [0.15, 0.2) is 29.3 Å². The van der Waals surface area contributed by atoms with Crippen molar-refractivity contribution in [2.45, 2.75) is 37.3 Å². The fraction of sp³-hybridized carbons (Fsp3) is 0.650. The van der Waals surface area contributed by atoms with Gasteiger partial charge in [0.25, 0.3) is 0 Å². The number of aliphatic imine (C=N–C) groups is 1. The van der Waals surface area contributed by atoms with Crippen molar-refractivity contribution in [1.29, 1.82) is 0 Å². The van der Waals surface area contributed by atoms with E-state index in [9.17, 15) is 13.2 Å². The number of benzene rings is 1. The minimum Gasteiger partial charge on any atom is -0.379 e. The molecular formula is C20H30F3IN4O. The lowest BCUT2D eigenvalue weighted by Crippen LogP contribution is -2.41. The highest BCUT2D eigenvalue weighted by molar-refractivity contribution is 14.0. The Morgan fingerprint density at radius 1 is 1.24 bits per heavy atom. The van der Waals surface area contributed by atoms with Gasteiger partial charge in [0.1, 0.15) is 0 Å². The molecule has 3 N–H and O–H groups in total. The Bertz CT molecular complexity index is 674. The summed E-state index contributed by atoms with van der Waals surface area (Å²) in [6.07, 6.45) is -0.705. The van der Waals surface area contributed by atoms with Crippen LogP contribution in [0.2, 0.25) is 0 Å². The van der Waals surface area contributed by atoms with Crippen LogP contribution >= 0.6 is 24.0 Å². The smallest absolute Gasteiger partial charge is 0.379 e. The molecule has 0 spiro atoms. The van der Waals surface area contributed by atoms with Gasteiger partial charge in [-0.1, -0.05) is 24.6 Å². The maximum absolute atomic E-state index is 13.0. The molecule has 1 saturated carbocycles. The molecule has 0 radical (unpaired) electrons. The minimum atomic E-state index is -4.33. The van der Waals surface area contributed by atoms with Crippen LogP contribution in [0.1, 0.15) is 36.8 Å². The van der Waals surface area contributed by atoms with Gasteiger partial charge in [-0.2, -0.15) is 13.2 Å². The molecule has 9 heteroatoms. The lowest BCUT2D eigenvalue weighted by atomic mass is 9.64. The van der Waals surface area contributed by atoms with E-state index in [0.717, 1.165) is 71.1 Å². The zero-order valence-corrected chi connectivity index (χ0v) is 18.8. The third kappa shape index (κ3) is 6.71. The van der Waals surface area contributed by atoms with Gasteiger partial charge in [0.05, 0.1) is 25.3 Å². The first-order chi connectivity index (χ1) is 13.4. The summed E-state index contributed by atoms with van der Waals surface area (Å²) in [5.74, 6) is 0.361. The topological polar surface area (TPSA) is 62.9 Å². The average molecular weight is 526 g/mol. The fourth-order valence-corrected chi connectivity index (χ4v) is 3.80. The zero-order chi connectivity index (χ0) is 20.0. The first-order valence-electron chi connectivity index (χ1n) is 9.91. The number of rotatable bonds is 7. The van der Waals surface area contributed by atoms with Gasteiger partial charge in [0.2, 0.25) is 0 Å². The fourth-order valence-electron chi connectivity index (χ4n) is 3.80. The van der Waals surface area contributed by atoms with Crippen LogP contribution in [-0.4, -0.2) is 56.8 Å². The molecule has 0 aromatic heterocycles. The Hall–Kier alpha value is -1.07. The molecule has 164 valence electrons. The van der Waals surface area contributed by atoms with Crippen LogP contribution in [0.5, 0.6) is 0 Å². The van der Waals surface area contributed by atoms with Crippen molar-refractivity contribution in [2.24, 2.45) is 10.7 Å². The Labute approximate surface area is 187 Å². The average Bonchev–Trinajstić information content (AvgIpc) is 2.65. The van der Waals surface area contributed by atoms with Crippen molar-refractivity contribution < 1.29 is 17.9 Å². The van der Waals surface area contributed by atoms with Crippen LogP contribution in [0, 0.1) is 0 Å². The molecular weight excluding hydrogens is 496 g/mol. The summed E-state index contributed by atoms with van der Waals surface area (Å²) in [4.78, 5) is 6.80. The molecule has 0 bridgehead atoms. The van der Waals surface area contributed by atoms with Crippen molar-refractivity contribution in [3.63, 3.8) is 0 Å². The van der Waals surface area contributed by atoms with Crippen LogP contribution in [0.3, 0.4) is 0 Å². The monoisotopic (exact) mass is 526 g/mol. The van der Waals surface area contributed by atoms with Crippen molar-refractivity contribution in [2.75, 3.05) is 45.9 Å². The minimum absolute atomic E-state index is 0. The van der Waals surface area contributed by atoms with Crippen LogP contribution in [0.25, 0.3) is 0 Å². The molecule has 5 nitrogen and oxygen atoms in total. The molecule has 0 atom stereocenters. The van der Waals surface area contributed by atoms with Gasteiger partial charge in [0, 0.05) is 25.0 Å². The van der Waals surface area contributed by atoms with Gasteiger partial charge in [-0.25, -0.2) is 0 Å². The number of ether oxygens (including phenoxy) is 1. The number of nitrogens with two attached hydrogens (primary N) is 1. The highest BCUT2D eigenvalue weighted by Gasteiger charge is 2.40. The number of halogens is 4. The standard InChI is InChI=1S/C20H29F3N4O.HI/c21-20(22,23)17-5-1-4-16(14-17)19(6-2-7-19)15-26-18(24)25-8-3-9-27-10-12-28-13-11-27;/h1,4-5,14H,2-3,6-13,15H2,(H3,24,25,26);1H. The van der Waals surface area contributed by atoms with Crippen LogP contribution in [-0.2, 0) is 16.3 Å². The van der Waals surface area contributed by atoms with Crippen molar-refractivity contribution in [3.05, 3.63) is 35.4 Å². The summed E-state index contributed by atoms with van der Waals surface area (Å²) in [5.41, 5.74) is 5.75. The van der Waals surface area contributed by atoms with E-state index in [4.69, 9.17) is 10.5 Å². The molecule has 3 rings (SSSR count). The summed E-state index contributed by atoms with van der Waals surface area (Å²) in [7, 11) is 0. The van der Waals surface area contributed by atoms with Crippen molar-refractivity contribution in [3.8, 4) is 0 Å². The molecule has 1 aromatic rings. The van der Waals surface area contributed by atoms with Gasteiger partial charge in [-0.15, -0.1) is 24.0 Å². The number of hydrogen-bond acceptors (Lipinski definition) is 3. The Kier molecular flexibility index (Phi) is 9.02. The first-order valence-corrected chi connectivity index (χ1v) is 9.91. The number of nitrogens with one attached hydrogen (secondary N) is 1. The quantitative estimate of drug-likeness (QED) is 0.248. The number of nitrogens with zero attached hydrogens (tertiary/aromatic N) is 2. The van der Waals surface area contributed by atoms with Crippen LogP contribution < -0.4 is 11.1 Å². The summed E-state index contributed by atoms with van der Waals surface area (Å²) < 4.78 is 44.4. The van der Waals surface area contributed by atoms with E-state index >= 15 is 0 Å². The van der Waals surface area contributed by atoms with E-state index in [2.05, 4.69) is 15.2 Å². The number of guanidine groups is 1. The van der Waals surface area contributed by atoms with Crippen molar-refractivity contribution in [1.82, 2.24) is 10.2 Å². The molecule has 2 aliphatic rings. The number of alkyl halides is 3. The Morgan fingerprint density at radius 2 is 1.97 bits per heavy atom. The molecule has 1 aliphatic carbocycles. The van der Waals surface area contributed by atoms with E-state index in [1.807, 2.05) is 0 Å². The largest absolute Gasteiger partial charge is 0.416 e. The lowest BCUT2D eigenvalue weighted by molar-refractivity contribution is -0.137. The van der Waals surface area contributed by atoms with E-state index < -0.39 is 11.7 Å². The second-order valence-corrected chi connectivity index (χ2v) is 7.65. The predicted octanol–water partition coefficient (Wildman–Crippen LogP) is 3.37. The van der Waals surface area contributed by atoms with Gasteiger partial charge in [0.15, 0.2) is 5.96 Å². The highest BCUT2D eigenvalue weighted by atomic mass is 127. The van der Waals surface area contributed by atoms with Gasteiger partial charge in [-0.05, 0) is 37.4 Å². The summed E-state index contributed by atoms with van der Waals surface area (Å²) in [5, 5.41) is 3.12. The SMILES string of the molecule is I.NC(=NCC1(c2cccc(C(F)(F)F)c2)CCC1)NCCCN1CCOCC1. The highest BCUT2D eigenvalue weighted by Crippen LogP contribution is 2.45. The van der Waals surface area contributed by atoms with Crippen molar-refractivity contribution >= 4 is 29.9 Å². The van der Waals surface area contributed by atoms with Gasteiger partial charge < -0.3 is 15.8 Å². The Balaban J connectivity index is 0.00000300. The maximum atomic E-state index is 13.0. The third-order valence-electron chi connectivity index (χ3n) is 5.73. The maximum Gasteiger partial charge on any atom is 0.416 e. The summed E-state index contributed by atoms with van der Waals surface area (Å²) in [6.45, 7) is 5.62. The van der Waals surface area contributed by atoms with Gasteiger partial charge in [-0.3, -0.25) is 9.89 Å². The first kappa shape index (κ1) is 24.2. The number of hydrogen-bond donors (Lipinski definition) is 2. The molecule has 1 saturated heterocycles. The molecule has 1 aliphatic heterocycles. The third-order valence-corrected chi connectivity index (χ3v) is 5.73. The lowest BCUT2D eigenvalue weighted by Gasteiger charge is -2.41. The normalized spacial score (nSPS) is 19.9.